The van der Waals surface area contributed by atoms with Crippen LogP contribution >= 0.6 is 0 Å². The first-order valence-electron chi connectivity index (χ1n) is 6.84. The molecule has 0 saturated carbocycles. The van der Waals surface area contributed by atoms with Gasteiger partial charge in [-0.2, -0.15) is 5.10 Å². The van der Waals surface area contributed by atoms with E-state index in [1.165, 1.54) is 24.1 Å². The van der Waals surface area contributed by atoms with E-state index in [4.69, 9.17) is 4.74 Å². The summed E-state index contributed by atoms with van der Waals surface area (Å²) in [6.07, 6.45) is 3.65. The highest BCUT2D eigenvalue weighted by molar-refractivity contribution is 5.49. The number of anilines is 1. The fraction of sp³-hybridized carbons (Fsp3) is 0.786. The minimum atomic E-state index is 0.297. The van der Waals surface area contributed by atoms with Gasteiger partial charge in [0.05, 0.1) is 6.61 Å². The van der Waals surface area contributed by atoms with E-state index in [1.807, 2.05) is 0 Å². The first-order chi connectivity index (χ1) is 8.54. The van der Waals surface area contributed by atoms with E-state index in [2.05, 4.69) is 36.3 Å². The van der Waals surface area contributed by atoms with Crippen molar-refractivity contribution in [2.24, 2.45) is 5.41 Å². The van der Waals surface area contributed by atoms with Gasteiger partial charge in [-0.05, 0) is 24.7 Å². The van der Waals surface area contributed by atoms with E-state index < -0.39 is 0 Å². The smallest absolute Gasteiger partial charge is 0.151 e. The fourth-order valence-corrected chi connectivity index (χ4v) is 2.83. The van der Waals surface area contributed by atoms with Crippen LogP contribution in [-0.4, -0.2) is 30.5 Å². The Balaban J connectivity index is 2.16. The summed E-state index contributed by atoms with van der Waals surface area (Å²) in [7, 11) is 1.72. The molecule has 2 rings (SSSR count). The molecule has 1 heterocycles. The average molecular weight is 251 g/mol. The topological polar surface area (TPSA) is 49.9 Å². The lowest BCUT2D eigenvalue weighted by molar-refractivity contribution is 0.210. The van der Waals surface area contributed by atoms with E-state index in [-0.39, 0.29) is 0 Å². The van der Waals surface area contributed by atoms with Crippen molar-refractivity contribution in [3.63, 3.8) is 0 Å². The Hall–Kier alpha value is -1.03. The van der Waals surface area contributed by atoms with Gasteiger partial charge in [-0.25, -0.2) is 0 Å². The number of rotatable bonds is 4. The molecule has 0 amide bonds. The molecule has 0 aromatic carbocycles. The highest BCUT2D eigenvalue weighted by Gasteiger charge is 2.33. The van der Waals surface area contributed by atoms with Crippen molar-refractivity contribution in [3.05, 3.63) is 11.3 Å². The molecule has 0 spiro atoms. The van der Waals surface area contributed by atoms with Gasteiger partial charge in [0.2, 0.25) is 0 Å². The standard InChI is InChI=1S/C14H25N3O/c1-14(2,3)11-7-5-6-10-12(11)16-17-13(10)15-8-9-18-4/h11H,5-9H2,1-4H3,(H2,15,16,17). The monoisotopic (exact) mass is 251 g/mol. The van der Waals surface area contributed by atoms with Gasteiger partial charge in [0, 0.05) is 30.8 Å². The fourth-order valence-electron chi connectivity index (χ4n) is 2.83. The average Bonchev–Trinajstić information content (AvgIpc) is 2.71. The number of ether oxygens (including phenoxy) is 1. The van der Waals surface area contributed by atoms with Gasteiger partial charge in [0.15, 0.2) is 5.82 Å². The second-order valence-electron chi connectivity index (χ2n) is 6.19. The van der Waals surface area contributed by atoms with Crippen LogP contribution in [0.5, 0.6) is 0 Å². The molecule has 2 N–H and O–H groups in total. The molecule has 0 aliphatic heterocycles. The van der Waals surface area contributed by atoms with E-state index in [0.29, 0.717) is 17.9 Å². The van der Waals surface area contributed by atoms with Crippen LogP contribution in [-0.2, 0) is 11.2 Å². The van der Waals surface area contributed by atoms with Crippen LogP contribution in [0, 0.1) is 5.41 Å². The molecule has 0 bridgehead atoms. The lowest BCUT2D eigenvalue weighted by Gasteiger charge is -2.33. The summed E-state index contributed by atoms with van der Waals surface area (Å²) in [5.41, 5.74) is 3.02. The maximum atomic E-state index is 5.06. The number of aromatic amines is 1. The molecule has 0 saturated heterocycles. The zero-order chi connectivity index (χ0) is 13.2. The SMILES string of the molecule is COCCNc1n[nH]c2c1CCCC2C(C)(C)C. The van der Waals surface area contributed by atoms with Crippen LogP contribution < -0.4 is 5.32 Å². The van der Waals surface area contributed by atoms with Gasteiger partial charge in [0.1, 0.15) is 0 Å². The van der Waals surface area contributed by atoms with Crippen LogP contribution in [0.3, 0.4) is 0 Å². The normalized spacial score (nSPS) is 19.7. The molecular formula is C14H25N3O. The number of nitrogens with zero attached hydrogens (tertiary/aromatic N) is 1. The van der Waals surface area contributed by atoms with Crippen molar-refractivity contribution in [3.8, 4) is 0 Å². The summed E-state index contributed by atoms with van der Waals surface area (Å²) in [4.78, 5) is 0. The molecule has 4 nitrogen and oxygen atoms in total. The predicted octanol–water partition coefficient (Wildman–Crippen LogP) is 2.93. The van der Waals surface area contributed by atoms with Crippen molar-refractivity contribution in [1.82, 2.24) is 10.2 Å². The van der Waals surface area contributed by atoms with Gasteiger partial charge in [-0.3, -0.25) is 5.10 Å². The Labute approximate surface area is 110 Å². The Kier molecular flexibility index (Phi) is 3.95. The third-order valence-corrected chi connectivity index (χ3v) is 3.81. The van der Waals surface area contributed by atoms with E-state index in [9.17, 15) is 0 Å². The number of H-pyrrole nitrogens is 1. The van der Waals surface area contributed by atoms with Crippen molar-refractivity contribution >= 4 is 5.82 Å². The van der Waals surface area contributed by atoms with Gasteiger partial charge in [0.25, 0.3) is 0 Å². The molecule has 1 aliphatic rings. The lowest BCUT2D eigenvalue weighted by Crippen LogP contribution is -2.23. The number of aromatic nitrogens is 2. The Bertz CT molecular complexity index is 392. The van der Waals surface area contributed by atoms with Crippen LogP contribution in [0.1, 0.15) is 50.8 Å². The summed E-state index contributed by atoms with van der Waals surface area (Å²) in [6.45, 7) is 8.46. The molecule has 1 aromatic heterocycles. The molecule has 1 aliphatic carbocycles. The zero-order valence-electron chi connectivity index (χ0n) is 12.0. The van der Waals surface area contributed by atoms with Crippen LogP contribution in [0.25, 0.3) is 0 Å². The number of hydrogen-bond acceptors (Lipinski definition) is 3. The molecule has 4 heteroatoms. The number of methoxy groups -OCH3 is 1. The molecule has 102 valence electrons. The van der Waals surface area contributed by atoms with Crippen molar-refractivity contribution in [1.29, 1.82) is 0 Å². The van der Waals surface area contributed by atoms with Crippen molar-refractivity contribution < 1.29 is 4.74 Å². The van der Waals surface area contributed by atoms with Gasteiger partial charge in [-0.15, -0.1) is 0 Å². The minimum absolute atomic E-state index is 0.297. The quantitative estimate of drug-likeness (QED) is 0.809. The molecular weight excluding hydrogens is 226 g/mol. The summed E-state index contributed by atoms with van der Waals surface area (Å²) in [6, 6.07) is 0. The zero-order valence-corrected chi connectivity index (χ0v) is 12.0. The Morgan fingerprint density at radius 2 is 2.22 bits per heavy atom. The third kappa shape index (κ3) is 2.69. The first kappa shape index (κ1) is 13.4. The number of nitrogens with one attached hydrogen (secondary N) is 2. The van der Waals surface area contributed by atoms with E-state index in [1.54, 1.807) is 7.11 Å². The number of hydrogen-bond donors (Lipinski definition) is 2. The van der Waals surface area contributed by atoms with Crippen molar-refractivity contribution in [2.45, 2.75) is 46.0 Å². The largest absolute Gasteiger partial charge is 0.383 e. The summed E-state index contributed by atoms with van der Waals surface area (Å²) in [5.74, 6) is 1.61. The summed E-state index contributed by atoms with van der Waals surface area (Å²) in [5, 5.41) is 11.1. The molecule has 18 heavy (non-hydrogen) atoms. The third-order valence-electron chi connectivity index (χ3n) is 3.81. The number of fused-ring (bicyclic) bond motifs is 1. The molecule has 1 unspecified atom stereocenters. The molecule has 0 radical (unpaired) electrons. The predicted molar refractivity (Wildman–Crippen MR) is 74.1 cm³/mol. The van der Waals surface area contributed by atoms with Crippen molar-refractivity contribution in [2.75, 3.05) is 25.6 Å². The Morgan fingerprint density at radius 3 is 2.89 bits per heavy atom. The highest BCUT2D eigenvalue weighted by atomic mass is 16.5. The van der Waals surface area contributed by atoms with Gasteiger partial charge < -0.3 is 10.1 Å². The van der Waals surface area contributed by atoms with Gasteiger partial charge in [-0.1, -0.05) is 20.8 Å². The van der Waals surface area contributed by atoms with Gasteiger partial charge >= 0.3 is 0 Å². The molecule has 1 aromatic rings. The highest BCUT2D eigenvalue weighted by Crippen LogP contribution is 2.44. The second-order valence-corrected chi connectivity index (χ2v) is 6.19. The van der Waals surface area contributed by atoms with Crippen LogP contribution in [0.15, 0.2) is 0 Å². The minimum Gasteiger partial charge on any atom is -0.383 e. The Morgan fingerprint density at radius 1 is 1.44 bits per heavy atom. The van der Waals surface area contributed by atoms with Crippen LogP contribution in [0.4, 0.5) is 5.82 Å². The molecule has 0 fully saturated rings. The summed E-state index contributed by atoms with van der Waals surface area (Å²) < 4.78 is 5.06. The maximum absolute atomic E-state index is 5.06. The maximum Gasteiger partial charge on any atom is 0.151 e. The lowest BCUT2D eigenvalue weighted by atomic mass is 9.72. The van der Waals surface area contributed by atoms with Crippen LogP contribution in [0.2, 0.25) is 0 Å². The molecule has 1 atom stereocenters. The van der Waals surface area contributed by atoms with E-state index in [0.717, 1.165) is 18.8 Å². The summed E-state index contributed by atoms with van der Waals surface area (Å²) >= 11 is 0. The van der Waals surface area contributed by atoms with E-state index >= 15 is 0 Å². The second kappa shape index (κ2) is 5.31. The first-order valence-corrected chi connectivity index (χ1v) is 6.84.